The summed E-state index contributed by atoms with van der Waals surface area (Å²) in [5.74, 6) is 1.20. The second-order valence-electron chi connectivity index (χ2n) is 8.38. The Kier molecular flexibility index (Phi) is 5.44. The molecule has 0 unspecified atom stereocenters. The zero-order chi connectivity index (χ0) is 22.5. The number of anilines is 2. The van der Waals surface area contributed by atoms with Crippen molar-refractivity contribution in [2.75, 3.05) is 36.0 Å². The van der Waals surface area contributed by atoms with E-state index in [1.807, 2.05) is 4.90 Å². The first-order valence-electron chi connectivity index (χ1n) is 10.9. The molecule has 12 heteroatoms. The summed E-state index contributed by atoms with van der Waals surface area (Å²) in [6.07, 6.45) is -1.52. The lowest BCUT2D eigenvalue weighted by molar-refractivity contribution is -0.147. The van der Waals surface area contributed by atoms with Gasteiger partial charge < -0.3 is 20.1 Å². The Hall–Kier alpha value is -2.47. The molecule has 172 valence electrons. The third kappa shape index (κ3) is 3.79. The van der Waals surface area contributed by atoms with Gasteiger partial charge in [0, 0.05) is 31.1 Å². The molecule has 0 aliphatic carbocycles. The van der Waals surface area contributed by atoms with Crippen molar-refractivity contribution in [1.82, 2.24) is 24.7 Å². The van der Waals surface area contributed by atoms with Crippen LogP contribution in [0.25, 0.3) is 10.2 Å². The van der Waals surface area contributed by atoms with Gasteiger partial charge in [-0.05, 0) is 31.4 Å². The summed E-state index contributed by atoms with van der Waals surface area (Å²) < 4.78 is 40.9. The van der Waals surface area contributed by atoms with E-state index in [0.29, 0.717) is 30.8 Å². The van der Waals surface area contributed by atoms with E-state index in [-0.39, 0.29) is 13.1 Å². The maximum absolute atomic E-state index is 13.2. The molecule has 3 aromatic rings. The van der Waals surface area contributed by atoms with Crippen LogP contribution < -0.4 is 15.5 Å². The molecule has 1 fully saturated rings. The summed E-state index contributed by atoms with van der Waals surface area (Å²) in [7, 11) is 0. The maximum atomic E-state index is 13.2. The van der Waals surface area contributed by atoms with E-state index in [2.05, 4.69) is 28.1 Å². The molecule has 0 spiro atoms. The lowest BCUT2D eigenvalue weighted by Gasteiger charge is -2.30. The highest BCUT2D eigenvalue weighted by molar-refractivity contribution is 7.18. The van der Waals surface area contributed by atoms with Gasteiger partial charge >= 0.3 is 6.18 Å². The van der Waals surface area contributed by atoms with E-state index in [9.17, 15) is 13.2 Å². The Morgan fingerprint density at radius 3 is 2.72 bits per heavy atom. The van der Waals surface area contributed by atoms with Crippen LogP contribution in [0.4, 0.5) is 24.9 Å². The van der Waals surface area contributed by atoms with Crippen LogP contribution in [0.5, 0.6) is 0 Å². The minimum atomic E-state index is -4.51. The fraction of sp³-hybridized carbons (Fsp3) is 0.600. The Morgan fingerprint density at radius 2 is 2.00 bits per heavy atom. The zero-order valence-corrected chi connectivity index (χ0v) is 18.6. The number of rotatable bonds is 5. The van der Waals surface area contributed by atoms with Crippen molar-refractivity contribution in [2.45, 2.75) is 45.5 Å². The second-order valence-corrected chi connectivity index (χ2v) is 9.49. The van der Waals surface area contributed by atoms with Gasteiger partial charge in [-0.2, -0.15) is 18.2 Å². The van der Waals surface area contributed by atoms with Gasteiger partial charge in [-0.15, -0.1) is 21.5 Å². The average molecular weight is 467 g/mol. The molecule has 2 aliphatic heterocycles. The van der Waals surface area contributed by atoms with Crippen LogP contribution in [-0.4, -0.2) is 50.9 Å². The lowest BCUT2D eigenvalue weighted by atomic mass is 10.1. The largest absolute Gasteiger partial charge is 0.451 e. The van der Waals surface area contributed by atoms with Crippen LogP contribution in [0.15, 0.2) is 6.07 Å². The van der Waals surface area contributed by atoms with Crippen molar-refractivity contribution in [2.24, 2.45) is 11.7 Å². The van der Waals surface area contributed by atoms with Gasteiger partial charge in [0.15, 0.2) is 5.82 Å². The molecule has 8 nitrogen and oxygen atoms in total. The van der Waals surface area contributed by atoms with E-state index in [4.69, 9.17) is 15.7 Å². The van der Waals surface area contributed by atoms with Gasteiger partial charge in [0.25, 0.3) is 0 Å². The molecule has 0 bridgehead atoms. The van der Waals surface area contributed by atoms with E-state index in [1.165, 1.54) is 4.88 Å². The molecule has 2 aliphatic rings. The third-order valence-corrected chi connectivity index (χ3v) is 7.21. The Labute approximate surface area is 187 Å². The smallest absolute Gasteiger partial charge is 0.347 e. The van der Waals surface area contributed by atoms with E-state index < -0.39 is 12.0 Å². The van der Waals surface area contributed by atoms with Crippen LogP contribution >= 0.6 is 11.3 Å². The molecule has 5 heterocycles. The van der Waals surface area contributed by atoms with E-state index >= 15 is 0 Å². The van der Waals surface area contributed by atoms with Crippen molar-refractivity contribution in [1.29, 1.82) is 0 Å². The number of alkyl halides is 3. The molecule has 1 atom stereocenters. The first-order valence-corrected chi connectivity index (χ1v) is 11.7. The summed E-state index contributed by atoms with van der Waals surface area (Å²) in [5.41, 5.74) is 5.86. The summed E-state index contributed by atoms with van der Waals surface area (Å²) in [6, 6.07) is 2.12. The summed E-state index contributed by atoms with van der Waals surface area (Å²) in [6.45, 7) is 5.21. The molecule has 3 aromatic heterocycles. The minimum Gasteiger partial charge on any atom is -0.347 e. The van der Waals surface area contributed by atoms with Crippen LogP contribution in [-0.2, 0) is 25.7 Å². The number of nitrogens with zero attached hydrogens (tertiary/aromatic N) is 7. The van der Waals surface area contributed by atoms with E-state index in [1.54, 1.807) is 11.3 Å². The molecule has 0 saturated carbocycles. The van der Waals surface area contributed by atoms with E-state index in [0.717, 1.165) is 53.0 Å². The van der Waals surface area contributed by atoms with Crippen LogP contribution in [0.2, 0.25) is 0 Å². The highest BCUT2D eigenvalue weighted by Crippen LogP contribution is 2.36. The predicted octanol–water partition coefficient (Wildman–Crippen LogP) is 3.06. The Balaban J connectivity index is 1.53. The highest BCUT2D eigenvalue weighted by atomic mass is 32.1. The fourth-order valence-electron chi connectivity index (χ4n) is 4.45. The summed E-state index contributed by atoms with van der Waals surface area (Å²) in [5, 5.41) is 8.16. The normalized spacial score (nSPS) is 19.2. The summed E-state index contributed by atoms with van der Waals surface area (Å²) in [4.78, 5) is 16.1. The van der Waals surface area contributed by atoms with Crippen molar-refractivity contribution >= 4 is 33.3 Å². The van der Waals surface area contributed by atoms with Gasteiger partial charge in [0.05, 0.1) is 11.9 Å². The minimum absolute atomic E-state index is 0.156. The van der Waals surface area contributed by atoms with Crippen LogP contribution in [0.1, 0.15) is 36.3 Å². The van der Waals surface area contributed by atoms with Gasteiger partial charge in [0.2, 0.25) is 11.8 Å². The number of hydrogen-bond donors (Lipinski definition) is 1. The molecule has 2 N–H and O–H groups in total. The van der Waals surface area contributed by atoms with Gasteiger partial charge in [0.1, 0.15) is 10.6 Å². The Bertz CT molecular complexity index is 1120. The fourth-order valence-corrected chi connectivity index (χ4v) is 5.57. The molecule has 5 rings (SSSR count). The second kappa shape index (κ2) is 8.14. The Morgan fingerprint density at radius 1 is 1.16 bits per heavy atom. The molecular weight excluding hydrogens is 441 g/mol. The van der Waals surface area contributed by atoms with Crippen molar-refractivity contribution in [3.63, 3.8) is 0 Å². The average Bonchev–Trinajstić information content (AvgIpc) is 3.49. The van der Waals surface area contributed by atoms with Gasteiger partial charge in [-0.1, -0.05) is 13.3 Å². The molecule has 1 saturated heterocycles. The summed E-state index contributed by atoms with van der Waals surface area (Å²) >= 11 is 1.66. The molecule has 32 heavy (non-hydrogen) atoms. The third-order valence-electron chi connectivity index (χ3n) is 6.12. The number of halogens is 3. The SMILES string of the molecule is CCCc1cc2c(N3CCn4c(nnc4C(F)(F)F)C3)nc(N3CC[C@@H](CN)C3)nc2s1. The van der Waals surface area contributed by atoms with Crippen molar-refractivity contribution < 1.29 is 13.2 Å². The first kappa shape index (κ1) is 21.4. The molecular formula is C20H25F3N8S. The highest BCUT2D eigenvalue weighted by Gasteiger charge is 2.40. The number of hydrogen-bond acceptors (Lipinski definition) is 8. The van der Waals surface area contributed by atoms with Gasteiger partial charge in [-0.25, -0.2) is 4.98 Å². The predicted molar refractivity (Wildman–Crippen MR) is 117 cm³/mol. The number of aromatic nitrogens is 5. The van der Waals surface area contributed by atoms with Crippen molar-refractivity contribution in [3.05, 3.63) is 22.6 Å². The van der Waals surface area contributed by atoms with Crippen LogP contribution in [0.3, 0.4) is 0 Å². The number of fused-ring (bicyclic) bond motifs is 2. The standard InChI is InChI=1S/C20H25F3N8S/c1-2-3-13-8-14-16(25-19(26-17(14)32-13)30-5-4-12(9-24)10-30)29-6-7-31-15(11-29)27-28-18(31)20(21,22)23/h8,12H,2-7,9-11,24H2,1H3/t12-/m0/s1. The first-order chi connectivity index (χ1) is 15.4. The lowest BCUT2D eigenvalue weighted by Crippen LogP contribution is -2.36. The molecule has 0 amide bonds. The number of thiophene rings is 1. The quantitative estimate of drug-likeness (QED) is 0.618. The maximum Gasteiger partial charge on any atom is 0.451 e. The zero-order valence-electron chi connectivity index (χ0n) is 17.8. The monoisotopic (exact) mass is 466 g/mol. The topological polar surface area (TPSA) is 89.0 Å². The van der Waals surface area contributed by atoms with Gasteiger partial charge in [-0.3, -0.25) is 0 Å². The molecule has 0 radical (unpaired) electrons. The number of aryl methyl sites for hydroxylation is 1. The number of nitrogens with two attached hydrogens (primary N) is 1. The van der Waals surface area contributed by atoms with Crippen LogP contribution in [0, 0.1) is 5.92 Å². The molecule has 0 aromatic carbocycles. The van der Waals surface area contributed by atoms with Crippen molar-refractivity contribution in [3.8, 4) is 0 Å².